The predicted molar refractivity (Wildman–Crippen MR) is 64.8 cm³/mol. The molecular weight excluding hydrogens is 200 g/mol. The summed E-state index contributed by atoms with van der Waals surface area (Å²) < 4.78 is 0. The van der Waals surface area contributed by atoms with Crippen molar-refractivity contribution >= 4 is 5.91 Å². The molecule has 1 heterocycles. The number of rotatable bonds is 2. The van der Waals surface area contributed by atoms with Crippen LogP contribution in [0.15, 0.2) is 0 Å². The van der Waals surface area contributed by atoms with E-state index in [0.717, 1.165) is 19.5 Å². The van der Waals surface area contributed by atoms with Crippen molar-refractivity contribution in [2.24, 2.45) is 23.5 Å². The van der Waals surface area contributed by atoms with E-state index < -0.39 is 0 Å². The van der Waals surface area contributed by atoms with E-state index in [1.54, 1.807) is 0 Å². The molecule has 0 spiro atoms. The monoisotopic (exact) mass is 224 g/mol. The van der Waals surface area contributed by atoms with Gasteiger partial charge in [0.05, 0.1) is 5.54 Å². The Morgan fingerprint density at radius 2 is 2.00 bits per heavy atom. The highest BCUT2D eigenvalue weighted by Crippen LogP contribution is 2.35. The van der Waals surface area contributed by atoms with E-state index in [-0.39, 0.29) is 11.5 Å². The second-order valence-electron chi connectivity index (χ2n) is 6.10. The molecule has 0 aromatic rings. The van der Waals surface area contributed by atoms with Gasteiger partial charge in [0, 0.05) is 19.0 Å². The van der Waals surface area contributed by atoms with E-state index in [1.165, 1.54) is 12.8 Å². The summed E-state index contributed by atoms with van der Waals surface area (Å²) in [6.45, 7) is 7.99. The molecule has 1 aliphatic carbocycles. The van der Waals surface area contributed by atoms with Crippen LogP contribution in [-0.4, -0.2) is 29.4 Å². The minimum absolute atomic E-state index is 0.127. The molecule has 1 amide bonds. The van der Waals surface area contributed by atoms with Crippen LogP contribution in [0.3, 0.4) is 0 Å². The summed E-state index contributed by atoms with van der Waals surface area (Å²) in [4.78, 5) is 14.2. The third-order valence-corrected chi connectivity index (χ3v) is 4.61. The van der Waals surface area contributed by atoms with Crippen LogP contribution in [0.1, 0.15) is 40.0 Å². The van der Waals surface area contributed by atoms with Gasteiger partial charge in [-0.3, -0.25) is 4.79 Å². The Kier molecular flexibility index (Phi) is 2.99. The van der Waals surface area contributed by atoms with E-state index in [4.69, 9.17) is 5.73 Å². The smallest absolute Gasteiger partial charge is 0.226 e. The molecule has 1 saturated carbocycles. The van der Waals surface area contributed by atoms with E-state index in [0.29, 0.717) is 17.7 Å². The van der Waals surface area contributed by atoms with Gasteiger partial charge in [-0.2, -0.15) is 0 Å². The third-order valence-electron chi connectivity index (χ3n) is 4.61. The van der Waals surface area contributed by atoms with Gasteiger partial charge in [0.1, 0.15) is 0 Å². The zero-order valence-electron chi connectivity index (χ0n) is 10.7. The fourth-order valence-electron chi connectivity index (χ4n) is 2.93. The van der Waals surface area contributed by atoms with Crippen LogP contribution in [0.5, 0.6) is 0 Å². The lowest BCUT2D eigenvalue weighted by molar-refractivity contribution is -0.145. The van der Waals surface area contributed by atoms with Gasteiger partial charge in [0.25, 0.3) is 0 Å². The molecule has 2 rings (SSSR count). The minimum Gasteiger partial charge on any atom is -0.339 e. The van der Waals surface area contributed by atoms with Gasteiger partial charge in [-0.05, 0) is 24.7 Å². The summed E-state index contributed by atoms with van der Waals surface area (Å²) >= 11 is 0. The predicted octanol–water partition coefficient (Wildman–Crippen LogP) is 1.62. The summed E-state index contributed by atoms with van der Waals surface area (Å²) in [5.41, 5.74) is 6.09. The Bertz CT molecular complexity index is 282. The summed E-state index contributed by atoms with van der Waals surface area (Å²) in [6, 6.07) is 0. The third kappa shape index (κ3) is 1.86. The second kappa shape index (κ2) is 4.02. The van der Waals surface area contributed by atoms with Crippen LogP contribution in [0.4, 0.5) is 0 Å². The Hall–Kier alpha value is -0.570. The molecular formula is C13H24N2O. The SMILES string of the molecule is CC1CCCC1C(=O)N1CC(N)(C(C)C)C1. The number of nitrogens with two attached hydrogens (primary N) is 1. The first kappa shape index (κ1) is 11.9. The van der Waals surface area contributed by atoms with Crippen LogP contribution in [0.2, 0.25) is 0 Å². The number of nitrogens with zero attached hydrogens (tertiary/aromatic N) is 1. The van der Waals surface area contributed by atoms with Crippen molar-refractivity contribution in [2.45, 2.75) is 45.6 Å². The molecule has 2 fully saturated rings. The molecule has 1 saturated heterocycles. The molecule has 0 bridgehead atoms. The van der Waals surface area contributed by atoms with E-state index >= 15 is 0 Å². The first-order valence-electron chi connectivity index (χ1n) is 6.52. The number of hydrogen-bond donors (Lipinski definition) is 1. The summed E-state index contributed by atoms with van der Waals surface area (Å²) in [5.74, 6) is 1.65. The highest BCUT2D eigenvalue weighted by atomic mass is 16.2. The molecule has 3 heteroatoms. The van der Waals surface area contributed by atoms with Crippen LogP contribution >= 0.6 is 0 Å². The number of likely N-dealkylation sites (tertiary alicyclic amines) is 1. The fourth-order valence-corrected chi connectivity index (χ4v) is 2.93. The summed E-state index contributed by atoms with van der Waals surface area (Å²) in [5, 5.41) is 0. The lowest BCUT2D eigenvalue weighted by atomic mass is 9.79. The number of amides is 1. The molecule has 1 aliphatic heterocycles. The fraction of sp³-hybridized carbons (Fsp3) is 0.923. The lowest BCUT2D eigenvalue weighted by Crippen LogP contribution is -2.71. The first-order valence-corrected chi connectivity index (χ1v) is 6.52. The molecule has 2 aliphatic rings. The number of hydrogen-bond acceptors (Lipinski definition) is 2. The Labute approximate surface area is 98.4 Å². The van der Waals surface area contributed by atoms with Crippen molar-refractivity contribution in [1.82, 2.24) is 4.90 Å². The molecule has 3 nitrogen and oxygen atoms in total. The lowest BCUT2D eigenvalue weighted by Gasteiger charge is -2.51. The van der Waals surface area contributed by atoms with Crippen molar-refractivity contribution in [3.05, 3.63) is 0 Å². The van der Waals surface area contributed by atoms with Crippen LogP contribution in [0, 0.1) is 17.8 Å². The minimum atomic E-state index is -0.127. The van der Waals surface area contributed by atoms with E-state index in [9.17, 15) is 4.79 Å². The molecule has 0 aromatic heterocycles. The highest BCUT2D eigenvalue weighted by Gasteiger charge is 2.46. The maximum absolute atomic E-state index is 12.2. The summed E-state index contributed by atoms with van der Waals surface area (Å²) in [7, 11) is 0. The molecule has 2 atom stereocenters. The Morgan fingerprint density at radius 3 is 2.44 bits per heavy atom. The molecule has 2 unspecified atom stereocenters. The quantitative estimate of drug-likeness (QED) is 0.774. The first-order chi connectivity index (χ1) is 7.44. The zero-order valence-corrected chi connectivity index (χ0v) is 10.7. The average molecular weight is 224 g/mol. The topological polar surface area (TPSA) is 46.3 Å². The standard InChI is InChI=1S/C13H24N2O/c1-9(2)13(14)7-15(8-13)12(16)11-6-4-5-10(11)3/h9-11H,4-8,14H2,1-3H3. The Balaban J connectivity index is 1.90. The van der Waals surface area contributed by atoms with Gasteiger partial charge < -0.3 is 10.6 Å². The van der Waals surface area contributed by atoms with Crippen molar-refractivity contribution in [1.29, 1.82) is 0 Å². The highest BCUT2D eigenvalue weighted by molar-refractivity contribution is 5.80. The molecule has 16 heavy (non-hydrogen) atoms. The normalized spacial score (nSPS) is 32.9. The molecule has 92 valence electrons. The number of carbonyl (C=O) groups excluding carboxylic acids is 1. The zero-order chi connectivity index (χ0) is 11.9. The molecule has 0 aromatic carbocycles. The van der Waals surface area contributed by atoms with Crippen LogP contribution in [-0.2, 0) is 4.79 Å². The van der Waals surface area contributed by atoms with Crippen molar-refractivity contribution in [3.63, 3.8) is 0 Å². The Morgan fingerprint density at radius 1 is 1.38 bits per heavy atom. The van der Waals surface area contributed by atoms with Gasteiger partial charge in [0.2, 0.25) is 5.91 Å². The maximum Gasteiger partial charge on any atom is 0.226 e. The van der Waals surface area contributed by atoms with E-state index in [1.807, 2.05) is 4.90 Å². The largest absolute Gasteiger partial charge is 0.339 e. The molecule has 0 radical (unpaired) electrons. The van der Waals surface area contributed by atoms with Gasteiger partial charge in [-0.15, -0.1) is 0 Å². The van der Waals surface area contributed by atoms with Gasteiger partial charge >= 0.3 is 0 Å². The van der Waals surface area contributed by atoms with E-state index in [2.05, 4.69) is 20.8 Å². The van der Waals surface area contributed by atoms with Gasteiger partial charge in [-0.25, -0.2) is 0 Å². The number of carbonyl (C=O) groups is 1. The van der Waals surface area contributed by atoms with Crippen molar-refractivity contribution in [2.75, 3.05) is 13.1 Å². The van der Waals surface area contributed by atoms with Crippen molar-refractivity contribution in [3.8, 4) is 0 Å². The van der Waals surface area contributed by atoms with Crippen molar-refractivity contribution < 1.29 is 4.79 Å². The second-order valence-corrected chi connectivity index (χ2v) is 6.10. The maximum atomic E-state index is 12.2. The molecule has 2 N–H and O–H groups in total. The van der Waals surface area contributed by atoms with Crippen LogP contribution in [0.25, 0.3) is 0 Å². The van der Waals surface area contributed by atoms with Gasteiger partial charge in [0.15, 0.2) is 0 Å². The summed E-state index contributed by atoms with van der Waals surface area (Å²) in [6.07, 6.45) is 3.50. The van der Waals surface area contributed by atoms with Crippen LogP contribution < -0.4 is 5.73 Å². The average Bonchev–Trinajstić information content (AvgIpc) is 2.58. The van der Waals surface area contributed by atoms with Gasteiger partial charge in [-0.1, -0.05) is 27.2 Å².